The van der Waals surface area contributed by atoms with Crippen molar-refractivity contribution in [2.75, 3.05) is 19.6 Å². The first kappa shape index (κ1) is 19.1. The number of benzene rings is 1. The number of nitrogens with zero attached hydrogens (tertiary/aromatic N) is 4. The van der Waals surface area contributed by atoms with E-state index in [1.807, 2.05) is 17.0 Å². The van der Waals surface area contributed by atoms with E-state index < -0.39 is 0 Å². The fraction of sp³-hybridized carbons (Fsp3) is 0.571. The minimum atomic E-state index is -0.224. The topological polar surface area (TPSA) is 65.1 Å². The van der Waals surface area contributed by atoms with Gasteiger partial charge in [-0.15, -0.1) is 0 Å². The molecule has 2 aliphatic heterocycles. The van der Waals surface area contributed by atoms with Gasteiger partial charge in [-0.3, -0.25) is 14.8 Å². The van der Waals surface area contributed by atoms with Crippen LogP contribution in [-0.4, -0.2) is 56.6 Å². The first-order valence-electron chi connectivity index (χ1n) is 10.3. The highest BCUT2D eigenvalue weighted by Crippen LogP contribution is 2.28. The number of hydrogen-bond acceptors (Lipinski definition) is 4. The molecular weight excluding hydrogens is 357 g/mol. The van der Waals surface area contributed by atoms with Gasteiger partial charge in [0.2, 0.25) is 5.91 Å². The van der Waals surface area contributed by atoms with Gasteiger partial charge < -0.3 is 4.90 Å². The van der Waals surface area contributed by atoms with Crippen molar-refractivity contribution in [1.82, 2.24) is 25.0 Å². The zero-order valence-corrected chi connectivity index (χ0v) is 16.4. The van der Waals surface area contributed by atoms with E-state index in [1.54, 1.807) is 0 Å². The lowest BCUT2D eigenvalue weighted by molar-refractivity contribution is -0.137. The molecule has 7 heteroatoms. The van der Waals surface area contributed by atoms with Crippen LogP contribution in [0, 0.1) is 5.82 Å². The van der Waals surface area contributed by atoms with Crippen LogP contribution in [0.25, 0.3) is 0 Å². The van der Waals surface area contributed by atoms with Gasteiger partial charge in [-0.1, -0.05) is 19.1 Å². The lowest BCUT2D eigenvalue weighted by Gasteiger charge is -2.35. The van der Waals surface area contributed by atoms with Crippen LogP contribution in [0.3, 0.4) is 0 Å². The summed E-state index contributed by atoms with van der Waals surface area (Å²) in [7, 11) is 0. The molecule has 1 aromatic heterocycles. The molecular formula is C21H28FN5O. The Morgan fingerprint density at radius 1 is 1.18 bits per heavy atom. The third-order valence-electron chi connectivity index (χ3n) is 6.00. The first-order chi connectivity index (χ1) is 13.6. The highest BCUT2D eigenvalue weighted by Gasteiger charge is 2.35. The molecule has 1 atom stereocenters. The number of piperidine rings is 1. The summed E-state index contributed by atoms with van der Waals surface area (Å²) in [4.78, 5) is 21.9. The quantitative estimate of drug-likeness (QED) is 0.860. The maximum absolute atomic E-state index is 13.1. The second kappa shape index (κ2) is 8.39. The van der Waals surface area contributed by atoms with Crippen molar-refractivity contribution >= 4 is 5.91 Å². The number of hydrogen-bond donors (Lipinski definition) is 1. The van der Waals surface area contributed by atoms with Crippen LogP contribution in [0.15, 0.2) is 24.3 Å². The van der Waals surface area contributed by atoms with Gasteiger partial charge in [0.05, 0.1) is 6.04 Å². The van der Waals surface area contributed by atoms with Crippen molar-refractivity contribution in [1.29, 1.82) is 0 Å². The Hall–Kier alpha value is -2.28. The second-order valence-corrected chi connectivity index (χ2v) is 7.85. The van der Waals surface area contributed by atoms with E-state index >= 15 is 0 Å². The SMILES string of the molecule is CCc1nc(C2CCN(C(=O)C3CCCN3Cc3ccc(F)cc3)CC2)n[nH]1. The molecule has 2 fully saturated rings. The van der Waals surface area contributed by atoms with Gasteiger partial charge in [0.25, 0.3) is 0 Å². The Morgan fingerprint density at radius 3 is 2.61 bits per heavy atom. The fourth-order valence-electron chi connectivity index (χ4n) is 4.34. The van der Waals surface area contributed by atoms with Crippen molar-refractivity contribution in [3.05, 3.63) is 47.3 Å². The third-order valence-corrected chi connectivity index (χ3v) is 6.00. The van der Waals surface area contributed by atoms with Crippen LogP contribution < -0.4 is 0 Å². The minimum Gasteiger partial charge on any atom is -0.341 e. The maximum atomic E-state index is 13.1. The summed E-state index contributed by atoms with van der Waals surface area (Å²) in [5.41, 5.74) is 1.05. The van der Waals surface area contributed by atoms with Crippen molar-refractivity contribution in [3.63, 3.8) is 0 Å². The molecule has 0 bridgehead atoms. The van der Waals surface area contributed by atoms with E-state index in [1.165, 1.54) is 12.1 Å². The number of carbonyl (C=O) groups excluding carboxylic acids is 1. The predicted octanol–water partition coefficient (Wildman–Crippen LogP) is 2.88. The Kier molecular flexibility index (Phi) is 5.71. The summed E-state index contributed by atoms with van der Waals surface area (Å²) >= 11 is 0. The summed E-state index contributed by atoms with van der Waals surface area (Å²) in [6.45, 7) is 5.21. The highest BCUT2D eigenvalue weighted by molar-refractivity contribution is 5.82. The zero-order chi connectivity index (χ0) is 19.5. The number of halogens is 1. The molecule has 0 aliphatic carbocycles. The zero-order valence-electron chi connectivity index (χ0n) is 16.4. The number of carbonyl (C=O) groups is 1. The average molecular weight is 385 g/mol. The molecule has 2 saturated heterocycles. The van der Waals surface area contributed by atoms with Gasteiger partial charge in [-0.05, 0) is 49.9 Å². The molecule has 1 unspecified atom stereocenters. The number of nitrogens with one attached hydrogen (secondary N) is 1. The van der Waals surface area contributed by atoms with Crippen LogP contribution in [0.5, 0.6) is 0 Å². The predicted molar refractivity (Wildman–Crippen MR) is 104 cm³/mol. The van der Waals surface area contributed by atoms with Crippen molar-refractivity contribution < 1.29 is 9.18 Å². The molecule has 150 valence electrons. The van der Waals surface area contributed by atoms with Crippen molar-refractivity contribution in [3.8, 4) is 0 Å². The first-order valence-corrected chi connectivity index (χ1v) is 10.3. The van der Waals surface area contributed by atoms with Gasteiger partial charge in [0.1, 0.15) is 11.6 Å². The molecule has 3 heterocycles. The molecule has 1 aromatic carbocycles. The highest BCUT2D eigenvalue weighted by atomic mass is 19.1. The van der Waals surface area contributed by atoms with Gasteiger partial charge >= 0.3 is 0 Å². The Labute approximate surface area is 165 Å². The van der Waals surface area contributed by atoms with E-state index in [9.17, 15) is 9.18 Å². The molecule has 1 N–H and O–H groups in total. The lowest BCUT2D eigenvalue weighted by Crippen LogP contribution is -2.48. The minimum absolute atomic E-state index is 0.0585. The van der Waals surface area contributed by atoms with E-state index in [-0.39, 0.29) is 17.8 Å². The number of aromatic nitrogens is 3. The normalized spacial score (nSPS) is 21.4. The van der Waals surface area contributed by atoms with Crippen LogP contribution in [-0.2, 0) is 17.8 Å². The van der Waals surface area contributed by atoms with Gasteiger partial charge in [0.15, 0.2) is 5.82 Å². The Balaban J connectivity index is 1.34. The average Bonchev–Trinajstić information content (AvgIpc) is 3.39. The number of H-pyrrole nitrogens is 1. The van der Waals surface area contributed by atoms with Crippen molar-refractivity contribution in [2.45, 2.75) is 57.5 Å². The fourth-order valence-corrected chi connectivity index (χ4v) is 4.34. The molecule has 0 radical (unpaired) electrons. The molecule has 0 saturated carbocycles. The van der Waals surface area contributed by atoms with E-state index in [0.717, 1.165) is 69.0 Å². The molecule has 28 heavy (non-hydrogen) atoms. The number of amides is 1. The van der Waals surface area contributed by atoms with E-state index in [0.29, 0.717) is 12.5 Å². The summed E-state index contributed by atoms with van der Waals surface area (Å²) < 4.78 is 13.1. The molecule has 2 aliphatic rings. The van der Waals surface area contributed by atoms with Crippen LogP contribution in [0.1, 0.15) is 55.7 Å². The van der Waals surface area contributed by atoms with Gasteiger partial charge in [-0.2, -0.15) is 5.10 Å². The summed E-state index contributed by atoms with van der Waals surface area (Å²) in [5.74, 6) is 2.17. The van der Waals surface area contributed by atoms with E-state index in [2.05, 4.69) is 27.0 Å². The molecule has 2 aromatic rings. The third kappa shape index (κ3) is 4.09. The monoisotopic (exact) mass is 385 g/mol. The van der Waals surface area contributed by atoms with E-state index in [4.69, 9.17) is 0 Å². The van der Waals surface area contributed by atoms with Crippen LogP contribution in [0.2, 0.25) is 0 Å². The number of aryl methyl sites for hydroxylation is 1. The van der Waals surface area contributed by atoms with Gasteiger partial charge in [-0.25, -0.2) is 9.37 Å². The Morgan fingerprint density at radius 2 is 1.93 bits per heavy atom. The second-order valence-electron chi connectivity index (χ2n) is 7.85. The van der Waals surface area contributed by atoms with Crippen molar-refractivity contribution in [2.24, 2.45) is 0 Å². The molecule has 6 nitrogen and oxygen atoms in total. The smallest absolute Gasteiger partial charge is 0.239 e. The number of rotatable bonds is 5. The number of likely N-dealkylation sites (tertiary alicyclic amines) is 2. The van der Waals surface area contributed by atoms with Crippen LogP contribution >= 0.6 is 0 Å². The summed E-state index contributed by atoms with van der Waals surface area (Å²) in [6, 6.07) is 6.53. The summed E-state index contributed by atoms with van der Waals surface area (Å²) in [5, 5.41) is 7.34. The van der Waals surface area contributed by atoms with Crippen LogP contribution in [0.4, 0.5) is 4.39 Å². The molecule has 0 spiro atoms. The summed E-state index contributed by atoms with van der Waals surface area (Å²) in [6.07, 6.45) is 4.62. The lowest BCUT2D eigenvalue weighted by atomic mass is 9.95. The van der Waals surface area contributed by atoms with Gasteiger partial charge in [0, 0.05) is 32.0 Å². The standard InChI is InChI=1S/C21H28FN5O/c1-2-19-23-20(25-24-19)16-9-12-26(13-10-16)21(28)18-4-3-11-27(18)14-15-5-7-17(22)8-6-15/h5-8,16,18H,2-4,9-14H2,1H3,(H,23,24,25). The number of aromatic amines is 1. The largest absolute Gasteiger partial charge is 0.341 e. The molecule has 4 rings (SSSR count). The maximum Gasteiger partial charge on any atom is 0.239 e. The molecule has 1 amide bonds. The Bertz CT molecular complexity index is 797.